The Morgan fingerprint density at radius 2 is 1.84 bits per heavy atom. The molecule has 1 aliphatic rings. The first-order valence-electron chi connectivity index (χ1n) is 9.67. The number of amides is 1. The molecule has 0 unspecified atom stereocenters. The first-order valence-corrected chi connectivity index (χ1v) is 9.67. The van der Waals surface area contributed by atoms with Crippen LogP contribution in [0.15, 0.2) is 53.9 Å². The molecule has 1 N–H and O–H groups in total. The fourth-order valence-corrected chi connectivity index (χ4v) is 3.30. The predicted octanol–water partition coefficient (Wildman–Crippen LogP) is 4.89. The van der Waals surface area contributed by atoms with Crippen LogP contribution in [0, 0.1) is 18.6 Å². The van der Waals surface area contributed by atoms with Gasteiger partial charge < -0.3 is 10.2 Å². The molecule has 2 aromatic carbocycles. The van der Waals surface area contributed by atoms with Crippen LogP contribution in [0.25, 0.3) is 11.3 Å². The molecule has 6 nitrogen and oxygen atoms in total. The van der Waals surface area contributed by atoms with Gasteiger partial charge in [0.05, 0.1) is 23.8 Å². The Morgan fingerprint density at radius 1 is 1.10 bits per heavy atom. The van der Waals surface area contributed by atoms with Crippen molar-refractivity contribution in [2.75, 3.05) is 5.32 Å². The second-order valence-electron chi connectivity index (χ2n) is 7.93. The van der Waals surface area contributed by atoms with E-state index in [4.69, 9.17) is 4.84 Å². The summed E-state index contributed by atoms with van der Waals surface area (Å²) in [7, 11) is 0. The van der Waals surface area contributed by atoms with Crippen molar-refractivity contribution in [3.63, 3.8) is 0 Å². The number of oxime groups is 1. The molecule has 3 aromatic rings. The summed E-state index contributed by atoms with van der Waals surface area (Å²) >= 11 is 0. The van der Waals surface area contributed by atoms with Crippen LogP contribution >= 0.6 is 0 Å². The van der Waals surface area contributed by atoms with Crippen molar-refractivity contribution in [2.24, 2.45) is 5.16 Å². The van der Waals surface area contributed by atoms with E-state index < -0.39 is 23.1 Å². The zero-order valence-electron chi connectivity index (χ0n) is 17.2. The third kappa shape index (κ3) is 4.28. The van der Waals surface area contributed by atoms with Crippen molar-refractivity contribution < 1.29 is 18.4 Å². The van der Waals surface area contributed by atoms with Gasteiger partial charge in [0.1, 0.15) is 22.8 Å². The van der Waals surface area contributed by atoms with Gasteiger partial charge in [-0.25, -0.2) is 13.8 Å². The molecule has 0 saturated carbocycles. The molecule has 0 radical (unpaired) electrons. The summed E-state index contributed by atoms with van der Waals surface area (Å²) in [5.74, 6) is -2.74. The van der Waals surface area contributed by atoms with Crippen molar-refractivity contribution in [1.82, 2.24) is 9.97 Å². The Bertz CT molecular complexity index is 1170. The molecule has 0 aliphatic carbocycles. The largest absolute Gasteiger partial charge is 0.389 e. The lowest BCUT2D eigenvalue weighted by Gasteiger charge is -2.13. The molecule has 1 aliphatic heterocycles. The van der Waals surface area contributed by atoms with E-state index in [9.17, 15) is 13.6 Å². The topological polar surface area (TPSA) is 76.5 Å². The van der Waals surface area contributed by atoms with Gasteiger partial charge in [-0.2, -0.15) is 0 Å². The van der Waals surface area contributed by atoms with E-state index in [0.29, 0.717) is 12.1 Å². The lowest BCUT2D eigenvalue weighted by atomic mass is 9.94. The van der Waals surface area contributed by atoms with Crippen molar-refractivity contribution in [2.45, 2.75) is 32.8 Å². The van der Waals surface area contributed by atoms with Crippen LogP contribution in [0.4, 0.5) is 14.6 Å². The van der Waals surface area contributed by atoms with Crippen molar-refractivity contribution in [3.05, 3.63) is 77.1 Å². The van der Waals surface area contributed by atoms with Crippen LogP contribution in [0.2, 0.25) is 0 Å². The number of nitrogens with one attached hydrogen (secondary N) is 1. The zero-order valence-corrected chi connectivity index (χ0v) is 17.2. The molecule has 0 saturated heterocycles. The Balaban J connectivity index is 1.56. The second kappa shape index (κ2) is 7.86. The highest BCUT2D eigenvalue weighted by Gasteiger charge is 2.29. The number of anilines is 1. The van der Waals surface area contributed by atoms with Crippen molar-refractivity contribution in [1.29, 1.82) is 0 Å². The predicted molar refractivity (Wildman–Crippen MR) is 113 cm³/mol. The molecule has 1 amide bonds. The van der Waals surface area contributed by atoms with Gasteiger partial charge >= 0.3 is 0 Å². The number of hydrogen-bond acceptors (Lipinski definition) is 5. The van der Waals surface area contributed by atoms with Gasteiger partial charge in [0.15, 0.2) is 5.82 Å². The van der Waals surface area contributed by atoms with E-state index in [0.717, 1.165) is 34.5 Å². The minimum atomic E-state index is -0.948. The van der Waals surface area contributed by atoms with Crippen LogP contribution in [-0.4, -0.2) is 27.2 Å². The quantitative estimate of drug-likeness (QED) is 0.650. The zero-order chi connectivity index (χ0) is 22.2. The molecule has 2 heterocycles. The van der Waals surface area contributed by atoms with Crippen LogP contribution < -0.4 is 5.32 Å². The Morgan fingerprint density at radius 3 is 2.45 bits per heavy atom. The lowest BCUT2D eigenvalue weighted by Crippen LogP contribution is -2.19. The van der Waals surface area contributed by atoms with Crippen molar-refractivity contribution >= 4 is 17.4 Å². The fraction of sp³-hybridized carbons (Fsp3) is 0.217. The number of hydrogen-bond donors (Lipinski definition) is 1. The number of aryl methyl sites for hydroxylation is 1. The summed E-state index contributed by atoms with van der Waals surface area (Å²) in [6, 6.07) is 9.14. The highest BCUT2D eigenvalue weighted by Crippen LogP contribution is 2.29. The fourth-order valence-electron chi connectivity index (χ4n) is 3.30. The van der Waals surface area contributed by atoms with Crippen molar-refractivity contribution in [3.8, 4) is 11.3 Å². The maximum atomic E-state index is 13.8. The summed E-state index contributed by atoms with van der Waals surface area (Å²) in [6.45, 7) is 5.91. The molecule has 0 bridgehead atoms. The number of rotatable bonds is 4. The minimum absolute atomic E-state index is 0.0838. The van der Waals surface area contributed by atoms with Crippen LogP contribution in [0.5, 0.6) is 0 Å². The summed E-state index contributed by atoms with van der Waals surface area (Å²) in [5, 5.41) is 6.55. The number of halogens is 2. The second-order valence-corrected chi connectivity index (χ2v) is 7.93. The Labute approximate surface area is 178 Å². The number of aromatic nitrogens is 2. The summed E-state index contributed by atoms with van der Waals surface area (Å²) in [6.07, 6.45) is 3.53. The van der Waals surface area contributed by atoms with Gasteiger partial charge in [-0.1, -0.05) is 23.4 Å². The maximum absolute atomic E-state index is 13.8. The molecule has 0 atom stereocenters. The third-order valence-electron chi connectivity index (χ3n) is 4.93. The van der Waals surface area contributed by atoms with Crippen LogP contribution in [-0.2, 0) is 4.84 Å². The van der Waals surface area contributed by atoms with E-state index in [2.05, 4.69) is 20.4 Å². The summed E-state index contributed by atoms with van der Waals surface area (Å²) < 4.78 is 27.6. The van der Waals surface area contributed by atoms with Crippen LogP contribution in [0.3, 0.4) is 0 Å². The standard InChI is InChI=1S/C23H20F2N4O2/c1-13-7-8-14(18-10-23(2,3)31-29-18)9-15(13)19-11-27-20(12-26-19)28-22(30)21-16(24)5-4-6-17(21)25/h4-9,11-12H,10H2,1-3H3,(H,27,28,30). The molecule has 31 heavy (non-hydrogen) atoms. The maximum Gasteiger partial charge on any atom is 0.262 e. The number of nitrogens with zero attached hydrogens (tertiary/aromatic N) is 3. The van der Waals surface area contributed by atoms with Gasteiger partial charge in [0.25, 0.3) is 5.91 Å². The van der Waals surface area contributed by atoms with E-state index >= 15 is 0 Å². The van der Waals surface area contributed by atoms with E-state index in [1.807, 2.05) is 39.0 Å². The average molecular weight is 422 g/mol. The molecule has 0 spiro atoms. The normalized spacial score (nSPS) is 14.7. The lowest BCUT2D eigenvalue weighted by molar-refractivity contribution is 0.0123. The average Bonchev–Trinajstić information content (AvgIpc) is 3.09. The third-order valence-corrected chi connectivity index (χ3v) is 4.93. The Kier molecular flexibility index (Phi) is 5.22. The van der Waals surface area contributed by atoms with Gasteiger partial charge in [-0.15, -0.1) is 0 Å². The molecule has 0 fully saturated rings. The van der Waals surface area contributed by atoms with Gasteiger partial charge in [-0.05, 0) is 44.5 Å². The van der Waals surface area contributed by atoms with Gasteiger partial charge in [0, 0.05) is 17.5 Å². The van der Waals surface area contributed by atoms with E-state index in [-0.39, 0.29) is 11.4 Å². The minimum Gasteiger partial charge on any atom is -0.389 e. The number of carbonyl (C=O) groups excluding carboxylic acids is 1. The Hall–Kier alpha value is -3.68. The molecule has 158 valence electrons. The molecule has 4 rings (SSSR count). The molecular weight excluding hydrogens is 402 g/mol. The molecular formula is C23H20F2N4O2. The molecule has 1 aromatic heterocycles. The number of benzene rings is 2. The first-order chi connectivity index (χ1) is 14.7. The highest BCUT2D eigenvalue weighted by molar-refractivity contribution is 6.04. The highest BCUT2D eigenvalue weighted by atomic mass is 19.1. The van der Waals surface area contributed by atoms with Gasteiger partial charge in [-0.3, -0.25) is 9.78 Å². The van der Waals surface area contributed by atoms with Crippen LogP contribution in [0.1, 0.15) is 41.8 Å². The monoisotopic (exact) mass is 422 g/mol. The summed E-state index contributed by atoms with van der Waals surface area (Å²) in [5.41, 5.74) is 3.22. The van der Waals surface area contributed by atoms with Gasteiger partial charge in [0.2, 0.25) is 0 Å². The molecule has 8 heteroatoms. The smallest absolute Gasteiger partial charge is 0.262 e. The summed E-state index contributed by atoms with van der Waals surface area (Å²) in [4.78, 5) is 26.2. The SMILES string of the molecule is Cc1ccc(C2=NOC(C)(C)C2)cc1-c1cnc(NC(=O)c2c(F)cccc2F)cn1. The van der Waals surface area contributed by atoms with E-state index in [1.54, 1.807) is 0 Å². The van der Waals surface area contributed by atoms with E-state index in [1.165, 1.54) is 18.5 Å². The number of carbonyl (C=O) groups is 1. The first kappa shape index (κ1) is 20.6.